The molecule has 36 heavy (non-hydrogen) atoms. The number of likely N-dealkylation sites (tertiary alicyclic amines) is 1. The van der Waals surface area contributed by atoms with Crippen molar-refractivity contribution in [3.05, 3.63) is 65.9 Å². The molecule has 0 aliphatic carbocycles. The second kappa shape index (κ2) is 11.4. The predicted octanol–water partition coefficient (Wildman–Crippen LogP) is 3.75. The van der Waals surface area contributed by atoms with Gasteiger partial charge in [0.15, 0.2) is 9.84 Å². The first-order valence-corrected chi connectivity index (χ1v) is 13.9. The van der Waals surface area contributed by atoms with Crippen LogP contribution in [0.5, 0.6) is 5.75 Å². The summed E-state index contributed by atoms with van der Waals surface area (Å²) in [6.07, 6.45) is 1.47. The molecule has 0 saturated carbocycles. The number of aromatic nitrogens is 1. The average Bonchev–Trinajstić information content (AvgIpc) is 2.87. The summed E-state index contributed by atoms with van der Waals surface area (Å²) in [5.41, 5.74) is 4.54. The largest absolute Gasteiger partial charge is 0.489 e. The molecule has 2 aromatic carbocycles. The van der Waals surface area contributed by atoms with E-state index < -0.39 is 27.6 Å². The molecule has 1 amide bonds. The lowest BCUT2D eigenvalue weighted by Gasteiger charge is -2.37. The van der Waals surface area contributed by atoms with E-state index in [1.54, 1.807) is 29.7 Å². The fourth-order valence-electron chi connectivity index (χ4n) is 5.02. The number of nitrogens with one attached hydrogen (secondary N) is 1. The summed E-state index contributed by atoms with van der Waals surface area (Å²) in [7, 11) is -3.64. The number of pyridine rings is 1. The van der Waals surface area contributed by atoms with Gasteiger partial charge in [-0.1, -0.05) is 25.1 Å². The van der Waals surface area contributed by atoms with Crippen LogP contribution in [0.2, 0.25) is 0 Å². The second-order valence-corrected chi connectivity index (χ2v) is 11.4. The molecule has 0 radical (unpaired) electrons. The van der Waals surface area contributed by atoms with Crippen LogP contribution in [-0.4, -0.2) is 54.8 Å². The number of rotatable bonds is 9. The maximum Gasteiger partial charge on any atom is 0.246 e. The number of amides is 1. The van der Waals surface area contributed by atoms with Crippen LogP contribution < -0.4 is 10.2 Å². The number of carbonyl (C=O) groups excluding carboxylic acids is 1. The Morgan fingerprint density at radius 1 is 1.19 bits per heavy atom. The highest BCUT2D eigenvalue weighted by Crippen LogP contribution is 2.29. The molecule has 1 aromatic heterocycles. The van der Waals surface area contributed by atoms with E-state index in [2.05, 4.69) is 16.8 Å². The van der Waals surface area contributed by atoms with Crippen molar-refractivity contribution in [3.63, 3.8) is 0 Å². The molecule has 0 bridgehead atoms. The number of piperidine rings is 1. The number of hydrogen-bond donors (Lipinski definition) is 2. The number of sulfone groups is 1. The molecule has 1 aliphatic rings. The van der Waals surface area contributed by atoms with Crippen molar-refractivity contribution in [2.24, 2.45) is 11.8 Å². The number of hydrogen-bond acceptors (Lipinski definition) is 7. The van der Waals surface area contributed by atoms with Gasteiger partial charge in [-0.15, -0.1) is 0 Å². The van der Waals surface area contributed by atoms with Crippen LogP contribution in [0.1, 0.15) is 31.0 Å². The molecule has 0 unspecified atom stereocenters. The third-order valence-corrected chi connectivity index (χ3v) is 8.60. The Morgan fingerprint density at radius 2 is 1.94 bits per heavy atom. The van der Waals surface area contributed by atoms with Gasteiger partial charge in [0.1, 0.15) is 12.4 Å². The monoisotopic (exact) mass is 511 g/mol. The molecule has 2 heterocycles. The van der Waals surface area contributed by atoms with Crippen molar-refractivity contribution in [2.75, 3.05) is 25.4 Å². The summed E-state index contributed by atoms with van der Waals surface area (Å²) in [6.45, 7) is 6.41. The van der Waals surface area contributed by atoms with Crippen molar-refractivity contribution in [1.82, 2.24) is 15.4 Å². The van der Waals surface area contributed by atoms with Crippen LogP contribution in [-0.2, 0) is 21.2 Å². The molecule has 3 aromatic rings. The van der Waals surface area contributed by atoms with E-state index in [-0.39, 0.29) is 10.6 Å². The number of benzene rings is 2. The second-order valence-electron chi connectivity index (χ2n) is 9.41. The zero-order chi connectivity index (χ0) is 25.7. The Morgan fingerprint density at radius 3 is 2.67 bits per heavy atom. The standard InChI is InChI=1S/C27H33N3O5S/c1-3-13-30-14-12-25(27(31)29-32)21(16-30)18-36(33,34)23-10-8-22(9-11-23)35-17-20-15-19(2)28-26-7-5-4-6-24(20)26/h4-11,15,21,25,32H,3,12-14,16-18H2,1-2H3,(H,29,31)/t21-,25-/m0/s1. The summed E-state index contributed by atoms with van der Waals surface area (Å²) in [6, 6.07) is 16.3. The van der Waals surface area contributed by atoms with Gasteiger partial charge in [0.05, 0.1) is 16.2 Å². The third-order valence-electron chi connectivity index (χ3n) is 6.75. The molecule has 4 rings (SSSR count). The quantitative estimate of drug-likeness (QED) is 0.333. The van der Waals surface area contributed by atoms with Crippen molar-refractivity contribution in [1.29, 1.82) is 0 Å². The zero-order valence-electron chi connectivity index (χ0n) is 20.7. The number of aryl methyl sites for hydroxylation is 1. The highest BCUT2D eigenvalue weighted by Gasteiger charge is 2.37. The SMILES string of the molecule is CCCN1CC[C@H](C(=O)NO)[C@H](CS(=O)(=O)c2ccc(OCc3cc(C)nc4ccccc34)cc2)C1. The molecule has 0 spiro atoms. The number of nitrogens with zero attached hydrogens (tertiary/aromatic N) is 2. The molecule has 1 fully saturated rings. The van der Waals surface area contributed by atoms with Gasteiger partial charge >= 0.3 is 0 Å². The first-order chi connectivity index (χ1) is 17.3. The van der Waals surface area contributed by atoms with E-state index in [0.717, 1.165) is 35.1 Å². The topological polar surface area (TPSA) is 109 Å². The maximum absolute atomic E-state index is 13.2. The van der Waals surface area contributed by atoms with Crippen LogP contribution in [0.3, 0.4) is 0 Å². The maximum atomic E-state index is 13.2. The van der Waals surface area contributed by atoms with Crippen LogP contribution in [0.25, 0.3) is 10.9 Å². The van der Waals surface area contributed by atoms with Gasteiger partial charge in [-0.3, -0.25) is 15.0 Å². The Balaban J connectivity index is 1.46. The summed E-state index contributed by atoms with van der Waals surface area (Å²) in [5, 5.41) is 10.2. The van der Waals surface area contributed by atoms with Crippen molar-refractivity contribution in [2.45, 2.75) is 38.2 Å². The molecule has 2 atom stereocenters. The molecule has 9 heteroatoms. The molecular formula is C27H33N3O5S. The minimum atomic E-state index is -3.64. The van der Waals surface area contributed by atoms with E-state index in [0.29, 0.717) is 31.9 Å². The number of para-hydroxylation sites is 1. The number of fused-ring (bicyclic) bond motifs is 1. The average molecular weight is 512 g/mol. The lowest BCUT2D eigenvalue weighted by atomic mass is 9.86. The van der Waals surface area contributed by atoms with Crippen LogP contribution in [0.4, 0.5) is 0 Å². The van der Waals surface area contributed by atoms with Gasteiger partial charge in [0.2, 0.25) is 5.91 Å². The van der Waals surface area contributed by atoms with Gasteiger partial charge in [0, 0.05) is 29.1 Å². The summed E-state index contributed by atoms with van der Waals surface area (Å²) < 4.78 is 32.4. The van der Waals surface area contributed by atoms with Crippen LogP contribution in [0, 0.1) is 18.8 Å². The molecule has 8 nitrogen and oxygen atoms in total. The van der Waals surface area contributed by atoms with E-state index >= 15 is 0 Å². The molecular weight excluding hydrogens is 478 g/mol. The fraction of sp³-hybridized carbons (Fsp3) is 0.407. The number of ether oxygens (including phenoxy) is 1. The van der Waals surface area contributed by atoms with Crippen LogP contribution >= 0.6 is 0 Å². The Labute approximate surface area is 212 Å². The predicted molar refractivity (Wildman–Crippen MR) is 138 cm³/mol. The lowest BCUT2D eigenvalue weighted by Crippen LogP contribution is -2.48. The smallest absolute Gasteiger partial charge is 0.246 e. The normalized spacial score (nSPS) is 18.8. The molecule has 1 saturated heterocycles. The fourth-order valence-corrected chi connectivity index (χ4v) is 6.66. The van der Waals surface area contributed by atoms with Gasteiger partial charge < -0.3 is 9.64 Å². The zero-order valence-corrected chi connectivity index (χ0v) is 21.5. The third kappa shape index (κ3) is 6.03. The van der Waals surface area contributed by atoms with Gasteiger partial charge in [-0.2, -0.15) is 0 Å². The summed E-state index contributed by atoms with van der Waals surface area (Å²) >= 11 is 0. The van der Waals surface area contributed by atoms with Crippen molar-refractivity contribution >= 4 is 26.6 Å². The highest BCUT2D eigenvalue weighted by molar-refractivity contribution is 7.91. The van der Waals surface area contributed by atoms with E-state index in [1.165, 1.54) is 0 Å². The summed E-state index contributed by atoms with van der Waals surface area (Å²) in [4.78, 5) is 19.1. The van der Waals surface area contributed by atoms with Gasteiger partial charge in [-0.25, -0.2) is 13.9 Å². The number of hydroxylamine groups is 1. The Hall–Kier alpha value is -3.01. The first kappa shape index (κ1) is 26.1. The van der Waals surface area contributed by atoms with Gasteiger partial charge in [0.25, 0.3) is 0 Å². The molecule has 2 N–H and O–H groups in total. The lowest BCUT2D eigenvalue weighted by molar-refractivity contribution is -0.136. The Bertz CT molecular complexity index is 1310. The van der Waals surface area contributed by atoms with Crippen molar-refractivity contribution in [3.8, 4) is 5.75 Å². The minimum absolute atomic E-state index is 0.159. The highest BCUT2D eigenvalue weighted by atomic mass is 32.2. The molecule has 1 aliphatic heterocycles. The molecule has 192 valence electrons. The van der Waals surface area contributed by atoms with E-state index in [9.17, 15) is 13.2 Å². The van der Waals surface area contributed by atoms with E-state index in [4.69, 9.17) is 9.94 Å². The Kier molecular flexibility index (Phi) is 8.23. The summed E-state index contributed by atoms with van der Waals surface area (Å²) in [5.74, 6) is -1.06. The van der Waals surface area contributed by atoms with Gasteiger partial charge in [-0.05, 0) is 75.2 Å². The first-order valence-electron chi connectivity index (χ1n) is 12.3. The van der Waals surface area contributed by atoms with Crippen molar-refractivity contribution < 1.29 is 23.2 Å². The minimum Gasteiger partial charge on any atom is -0.489 e. The van der Waals surface area contributed by atoms with Crippen LogP contribution in [0.15, 0.2) is 59.5 Å². The van der Waals surface area contributed by atoms with E-state index in [1.807, 2.05) is 37.3 Å². The number of carbonyl (C=O) groups is 1.